The lowest BCUT2D eigenvalue weighted by Gasteiger charge is -2.38. The van der Waals surface area contributed by atoms with E-state index in [9.17, 15) is 18.0 Å². The molecule has 1 saturated heterocycles. The molecule has 9 heteroatoms. The zero-order valence-electron chi connectivity index (χ0n) is 14.2. The van der Waals surface area contributed by atoms with Crippen molar-refractivity contribution in [1.82, 2.24) is 9.88 Å². The Hall–Kier alpha value is -1.51. The maximum atomic E-state index is 12.7. The number of nitrogens with zero attached hydrogens (tertiary/aromatic N) is 3. The van der Waals surface area contributed by atoms with Gasteiger partial charge in [-0.25, -0.2) is 9.78 Å². The summed E-state index contributed by atoms with van der Waals surface area (Å²) in [4.78, 5) is 18.7. The zero-order chi connectivity index (χ0) is 18.1. The van der Waals surface area contributed by atoms with Crippen molar-refractivity contribution in [1.29, 1.82) is 0 Å². The SMILES string of the molecule is CN(C(=O)OC(C)(C)C)C1CCCN(c2ncc(C(F)(F)F)s2)C1. The van der Waals surface area contributed by atoms with Gasteiger partial charge in [0.2, 0.25) is 0 Å². The first kappa shape index (κ1) is 18.8. The molecule has 24 heavy (non-hydrogen) atoms. The van der Waals surface area contributed by atoms with E-state index in [2.05, 4.69) is 4.98 Å². The van der Waals surface area contributed by atoms with Crippen LogP contribution in [0, 0.1) is 0 Å². The van der Waals surface area contributed by atoms with Crippen LogP contribution < -0.4 is 4.90 Å². The summed E-state index contributed by atoms with van der Waals surface area (Å²) in [6.45, 7) is 6.45. The molecule has 0 aliphatic carbocycles. The van der Waals surface area contributed by atoms with Gasteiger partial charge in [0.05, 0.1) is 12.2 Å². The number of carbonyl (C=O) groups is 1. The van der Waals surface area contributed by atoms with E-state index in [0.717, 1.165) is 19.0 Å². The third-order valence-corrected chi connectivity index (χ3v) is 4.77. The van der Waals surface area contributed by atoms with Gasteiger partial charge >= 0.3 is 12.3 Å². The molecule has 0 saturated carbocycles. The molecule has 1 aliphatic rings. The third kappa shape index (κ3) is 4.75. The quantitative estimate of drug-likeness (QED) is 0.795. The summed E-state index contributed by atoms with van der Waals surface area (Å²) in [5.74, 6) is 0. The predicted molar refractivity (Wildman–Crippen MR) is 86.3 cm³/mol. The highest BCUT2D eigenvalue weighted by Gasteiger charge is 2.35. The summed E-state index contributed by atoms with van der Waals surface area (Å²) < 4.78 is 43.5. The van der Waals surface area contributed by atoms with Gasteiger partial charge in [0.15, 0.2) is 5.13 Å². The van der Waals surface area contributed by atoms with Crippen molar-refractivity contribution < 1.29 is 22.7 Å². The molecular formula is C15H22F3N3O2S. The van der Waals surface area contributed by atoms with Crippen LogP contribution in [-0.4, -0.2) is 47.8 Å². The van der Waals surface area contributed by atoms with Gasteiger partial charge in [-0.05, 0) is 33.6 Å². The van der Waals surface area contributed by atoms with E-state index in [1.54, 1.807) is 32.7 Å². The van der Waals surface area contributed by atoms with E-state index in [0.29, 0.717) is 29.6 Å². The first-order valence-electron chi connectivity index (χ1n) is 7.71. The van der Waals surface area contributed by atoms with E-state index in [1.807, 2.05) is 0 Å². The Balaban J connectivity index is 2.03. The van der Waals surface area contributed by atoms with Crippen LogP contribution in [0.3, 0.4) is 0 Å². The van der Waals surface area contributed by atoms with Crippen molar-refractivity contribution in [3.8, 4) is 0 Å². The molecule has 0 aromatic carbocycles. The van der Waals surface area contributed by atoms with E-state index < -0.39 is 22.7 Å². The second kappa shape index (κ2) is 6.78. The van der Waals surface area contributed by atoms with Crippen LogP contribution in [0.2, 0.25) is 0 Å². The number of ether oxygens (including phenoxy) is 1. The van der Waals surface area contributed by atoms with Gasteiger partial charge in [-0.15, -0.1) is 0 Å². The Kier molecular flexibility index (Phi) is 5.31. The van der Waals surface area contributed by atoms with Crippen molar-refractivity contribution >= 4 is 22.6 Å². The van der Waals surface area contributed by atoms with Crippen molar-refractivity contribution in [3.05, 3.63) is 11.1 Å². The predicted octanol–water partition coefficient (Wildman–Crippen LogP) is 4.00. The minimum Gasteiger partial charge on any atom is -0.444 e. The van der Waals surface area contributed by atoms with Crippen molar-refractivity contribution in [2.45, 2.75) is 51.4 Å². The highest BCUT2D eigenvalue weighted by molar-refractivity contribution is 7.15. The van der Waals surface area contributed by atoms with Crippen molar-refractivity contribution in [2.24, 2.45) is 0 Å². The van der Waals surface area contributed by atoms with Gasteiger partial charge in [-0.1, -0.05) is 11.3 Å². The van der Waals surface area contributed by atoms with E-state index in [1.165, 1.54) is 4.90 Å². The van der Waals surface area contributed by atoms with Crippen LogP contribution in [0.1, 0.15) is 38.5 Å². The monoisotopic (exact) mass is 365 g/mol. The number of rotatable bonds is 2. The van der Waals surface area contributed by atoms with E-state index in [-0.39, 0.29) is 6.04 Å². The fourth-order valence-electron chi connectivity index (χ4n) is 2.47. The molecule has 2 heterocycles. The number of alkyl halides is 3. The number of hydrogen-bond acceptors (Lipinski definition) is 5. The minimum absolute atomic E-state index is 0.119. The molecule has 136 valence electrons. The van der Waals surface area contributed by atoms with Crippen LogP contribution in [0.4, 0.5) is 23.1 Å². The Morgan fingerprint density at radius 2 is 2.08 bits per heavy atom. The summed E-state index contributed by atoms with van der Waals surface area (Å²) in [7, 11) is 1.66. The largest absolute Gasteiger partial charge is 0.444 e. The maximum absolute atomic E-state index is 12.7. The first-order chi connectivity index (χ1) is 11.0. The van der Waals surface area contributed by atoms with Crippen LogP contribution in [-0.2, 0) is 10.9 Å². The molecule has 2 rings (SSSR count). The summed E-state index contributed by atoms with van der Waals surface area (Å²) in [5.41, 5.74) is -0.587. The fourth-order valence-corrected chi connectivity index (χ4v) is 3.29. The number of hydrogen-bond donors (Lipinski definition) is 0. The fraction of sp³-hybridized carbons (Fsp3) is 0.733. The van der Waals surface area contributed by atoms with Gasteiger partial charge in [0.1, 0.15) is 10.5 Å². The smallest absolute Gasteiger partial charge is 0.427 e. The van der Waals surface area contributed by atoms with Crippen LogP contribution in [0.15, 0.2) is 6.20 Å². The second-order valence-corrected chi connectivity index (χ2v) is 7.85. The summed E-state index contributed by atoms with van der Waals surface area (Å²) >= 11 is 0.634. The lowest BCUT2D eigenvalue weighted by molar-refractivity contribution is -0.134. The summed E-state index contributed by atoms with van der Waals surface area (Å²) in [5, 5.41) is 0.338. The number of carbonyl (C=O) groups excluding carboxylic acids is 1. The molecule has 0 spiro atoms. The highest BCUT2D eigenvalue weighted by Crippen LogP contribution is 2.37. The number of piperidine rings is 1. The van der Waals surface area contributed by atoms with Crippen molar-refractivity contribution in [2.75, 3.05) is 25.0 Å². The standard InChI is InChI=1S/C15H22F3N3O2S/c1-14(2,3)23-13(22)20(4)10-6-5-7-21(9-10)12-19-8-11(24-12)15(16,17)18/h8,10H,5-7,9H2,1-4H3. The van der Waals surface area contributed by atoms with Crippen LogP contribution in [0.25, 0.3) is 0 Å². The minimum atomic E-state index is -4.38. The lowest BCUT2D eigenvalue weighted by atomic mass is 10.1. The molecule has 0 N–H and O–H groups in total. The van der Waals surface area contributed by atoms with Crippen LogP contribution in [0.5, 0.6) is 0 Å². The molecule has 1 unspecified atom stereocenters. The first-order valence-corrected chi connectivity index (χ1v) is 8.53. The number of halogens is 3. The molecule has 1 aliphatic heterocycles. The number of amides is 1. The van der Waals surface area contributed by atoms with E-state index >= 15 is 0 Å². The Bertz CT molecular complexity index is 583. The molecule has 1 amide bonds. The molecule has 0 radical (unpaired) electrons. The summed E-state index contributed by atoms with van der Waals surface area (Å²) in [6, 6.07) is -0.119. The molecular weight excluding hydrogens is 343 g/mol. The van der Waals surface area contributed by atoms with E-state index in [4.69, 9.17) is 4.74 Å². The molecule has 1 fully saturated rings. The number of aromatic nitrogens is 1. The van der Waals surface area contributed by atoms with Gasteiger partial charge in [-0.2, -0.15) is 13.2 Å². The maximum Gasteiger partial charge on any atom is 0.427 e. The topological polar surface area (TPSA) is 45.7 Å². The van der Waals surface area contributed by atoms with Gasteiger partial charge in [-0.3, -0.25) is 0 Å². The third-order valence-electron chi connectivity index (χ3n) is 3.67. The molecule has 5 nitrogen and oxygen atoms in total. The lowest BCUT2D eigenvalue weighted by Crippen LogP contribution is -2.49. The highest BCUT2D eigenvalue weighted by atomic mass is 32.1. The number of anilines is 1. The number of thiazole rings is 1. The molecule has 1 atom stereocenters. The molecule has 0 bridgehead atoms. The zero-order valence-corrected chi connectivity index (χ0v) is 15.0. The van der Waals surface area contributed by atoms with Gasteiger partial charge < -0.3 is 14.5 Å². The van der Waals surface area contributed by atoms with Crippen LogP contribution >= 0.6 is 11.3 Å². The Morgan fingerprint density at radius 3 is 2.62 bits per heavy atom. The Labute approximate surface area is 143 Å². The average Bonchev–Trinajstić information content (AvgIpc) is 2.94. The summed E-state index contributed by atoms with van der Waals surface area (Å²) in [6.07, 6.45) is -2.38. The van der Waals surface area contributed by atoms with Gasteiger partial charge in [0, 0.05) is 20.1 Å². The van der Waals surface area contributed by atoms with Crippen molar-refractivity contribution in [3.63, 3.8) is 0 Å². The molecule has 1 aromatic rings. The molecule has 1 aromatic heterocycles. The normalized spacial score (nSPS) is 19.3. The second-order valence-electron chi connectivity index (χ2n) is 6.84. The number of likely N-dealkylation sites (N-methyl/N-ethyl adjacent to an activating group) is 1. The average molecular weight is 365 g/mol. The Morgan fingerprint density at radius 1 is 1.42 bits per heavy atom. The van der Waals surface area contributed by atoms with Gasteiger partial charge in [0.25, 0.3) is 0 Å².